The van der Waals surface area contributed by atoms with Crippen LogP contribution in [0.1, 0.15) is 43.4 Å². The fourth-order valence-corrected chi connectivity index (χ4v) is 3.89. The van der Waals surface area contributed by atoms with Crippen LogP contribution in [0.15, 0.2) is 18.3 Å². The summed E-state index contributed by atoms with van der Waals surface area (Å²) in [5.74, 6) is -0.256. The summed E-state index contributed by atoms with van der Waals surface area (Å²) in [6.07, 6.45) is 6.91. The van der Waals surface area contributed by atoms with Crippen LogP contribution in [-0.2, 0) is 11.3 Å². The van der Waals surface area contributed by atoms with Crippen LogP contribution in [0.5, 0.6) is 0 Å². The second-order valence-electron chi connectivity index (χ2n) is 6.00. The van der Waals surface area contributed by atoms with E-state index < -0.39 is 12.0 Å². The monoisotopic (exact) mass is 285 g/mol. The predicted octanol–water partition coefficient (Wildman–Crippen LogP) is 2.17. The van der Waals surface area contributed by atoms with Gasteiger partial charge in [-0.2, -0.15) is 5.26 Å². The number of carboxylic acid groups (broad SMARTS) is 1. The molecular formula is C16H19N3O2. The molecular weight excluding hydrogens is 266 g/mol. The molecule has 0 spiro atoms. The Morgan fingerprint density at radius 2 is 2.29 bits per heavy atom. The summed E-state index contributed by atoms with van der Waals surface area (Å²) in [6.45, 7) is 0.509. The van der Waals surface area contributed by atoms with Crippen LogP contribution in [-0.4, -0.2) is 33.0 Å². The Kier molecular flexibility index (Phi) is 3.89. The molecule has 1 N–H and O–H groups in total. The minimum atomic E-state index is -0.744. The summed E-state index contributed by atoms with van der Waals surface area (Å²) in [5.41, 5.74) is 1.23. The quantitative estimate of drug-likeness (QED) is 0.921. The molecule has 0 amide bonds. The first-order valence-corrected chi connectivity index (χ1v) is 7.53. The molecule has 0 aromatic carbocycles. The molecule has 1 aromatic heterocycles. The van der Waals surface area contributed by atoms with E-state index in [-0.39, 0.29) is 0 Å². The van der Waals surface area contributed by atoms with Gasteiger partial charge < -0.3 is 5.11 Å². The van der Waals surface area contributed by atoms with Crippen molar-refractivity contribution >= 4 is 5.97 Å². The summed E-state index contributed by atoms with van der Waals surface area (Å²) in [4.78, 5) is 17.7. The fourth-order valence-electron chi connectivity index (χ4n) is 3.89. The second kappa shape index (κ2) is 5.82. The van der Waals surface area contributed by atoms with Gasteiger partial charge in [-0.25, -0.2) is 4.98 Å². The first-order valence-electron chi connectivity index (χ1n) is 7.53. The largest absolute Gasteiger partial charge is 0.480 e. The van der Waals surface area contributed by atoms with Crippen molar-refractivity contribution in [3.8, 4) is 6.07 Å². The van der Waals surface area contributed by atoms with Gasteiger partial charge in [-0.05, 0) is 31.2 Å². The molecule has 5 nitrogen and oxygen atoms in total. The van der Waals surface area contributed by atoms with E-state index in [9.17, 15) is 9.90 Å². The van der Waals surface area contributed by atoms with E-state index in [0.29, 0.717) is 24.2 Å². The number of carboxylic acids is 1. The molecule has 110 valence electrons. The van der Waals surface area contributed by atoms with Gasteiger partial charge in [0.2, 0.25) is 0 Å². The highest BCUT2D eigenvalue weighted by Gasteiger charge is 2.45. The number of aliphatic carboxylic acids is 1. The molecule has 0 bridgehead atoms. The molecule has 2 aliphatic rings. The van der Waals surface area contributed by atoms with Crippen LogP contribution < -0.4 is 0 Å². The first kappa shape index (κ1) is 14.0. The van der Waals surface area contributed by atoms with Gasteiger partial charge in [0.25, 0.3) is 0 Å². The summed E-state index contributed by atoms with van der Waals surface area (Å²) in [5, 5.41) is 18.7. The van der Waals surface area contributed by atoms with Crippen molar-refractivity contribution < 1.29 is 9.90 Å². The molecule has 1 aromatic rings. The lowest BCUT2D eigenvalue weighted by molar-refractivity contribution is -0.142. The average molecular weight is 285 g/mol. The van der Waals surface area contributed by atoms with Crippen LogP contribution in [0.4, 0.5) is 0 Å². The van der Waals surface area contributed by atoms with Crippen molar-refractivity contribution in [3.05, 3.63) is 29.6 Å². The van der Waals surface area contributed by atoms with E-state index in [1.807, 2.05) is 6.07 Å². The maximum atomic E-state index is 11.6. The molecule has 21 heavy (non-hydrogen) atoms. The lowest BCUT2D eigenvalue weighted by atomic mass is 9.84. The van der Waals surface area contributed by atoms with Crippen molar-refractivity contribution in [2.24, 2.45) is 5.92 Å². The first-order chi connectivity index (χ1) is 10.2. The number of carbonyl (C=O) groups is 1. The van der Waals surface area contributed by atoms with Crippen molar-refractivity contribution in [3.63, 3.8) is 0 Å². The molecule has 1 aliphatic carbocycles. The Morgan fingerprint density at radius 1 is 1.48 bits per heavy atom. The number of nitriles is 1. The number of nitrogens with zero attached hydrogens (tertiary/aromatic N) is 3. The van der Waals surface area contributed by atoms with Gasteiger partial charge in [-0.1, -0.05) is 18.9 Å². The van der Waals surface area contributed by atoms with Gasteiger partial charge in [0.15, 0.2) is 0 Å². The van der Waals surface area contributed by atoms with Crippen LogP contribution in [0.3, 0.4) is 0 Å². The molecule has 0 radical (unpaired) electrons. The average Bonchev–Trinajstić information content (AvgIpc) is 2.87. The zero-order valence-electron chi connectivity index (χ0n) is 11.9. The molecule has 1 saturated heterocycles. The van der Waals surface area contributed by atoms with E-state index in [1.54, 1.807) is 12.3 Å². The molecule has 5 heteroatoms. The summed E-state index contributed by atoms with van der Waals surface area (Å²) in [7, 11) is 0. The Balaban J connectivity index is 1.87. The third-order valence-electron chi connectivity index (χ3n) is 4.86. The third kappa shape index (κ3) is 2.64. The van der Waals surface area contributed by atoms with Crippen LogP contribution in [0.25, 0.3) is 0 Å². The van der Waals surface area contributed by atoms with E-state index in [1.165, 1.54) is 12.8 Å². The molecule has 2 heterocycles. The van der Waals surface area contributed by atoms with Crippen molar-refractivity contribution in [1.29, 1.82) is 5.26 Å². The lowest BCUT2D eigenvalue weighted by Gasteiger charge is -2.33. The second-order valence-corrected chi connectivity index (χ2v) is 6.00. The van der Waals surface area contributed by atoms with E-state index >= 15 is 0 Å². The van der Waals surface area contributed by atoms with Gasteiger partial charge in [-0.15, -0.1) is 0 Å². The number of rotatable bonds is 3. The normalized spacial score (nSPS) is 28.8. The minimum Gasteiger partial charge on any atom is -0.480 e. The van der Waals surface area contributed by atoms with Gasteiger partial charge in [0, 0.05) is 24.3 Å². The molecule has 3 atom stereocenters. The Bertz CT molecular complexity index is 581. The summed E-state index contributed by atoms with van der Waals surface area (Å²) < 4.78 is 0. The van der Waals surface area contributed by atoms with E-state index in [4.69, 9.17) is 5.26 Å². The molecule has 1 saturated carbocycles. The van der Waals surface area contributed by atoms with Crippen molar-refractivity contribution in [2.75, 3.05) is 0 Å². The molecule has 2 fully saturated rings. The number of fused-ring (bicyclic) bond motifs is 1. The minimum absolute atomic E-state index is 0.339. The summed E-state index contributed by atoms with van der Waals surface area (Å²) in [6, 6.07) is 5.70. The molecule has 3 rings (SSSR count). The van der Waals surface area contributed by atoms with Crippen molar-refractivity contribution in [1.82, 2.24) is 9.88 Å². The lowest BCUT2D eigenvalue weighted by Crippen LogP contribution is -2.41. The topological polar surface area (TPSA) is 77.2 Å². The van der Waals surface area contributed by atoms with Gasteiger partial charge in [0.05, 0.1) is 0 Å². The number of hydrogen-bond acceptors (Lipinski definition) is 4. The zero-order chi connectivity index (χ0) is 14.8. The SMILES string of the molecule is N#Cc1ncccc1CN1C(C(=O)O)CC2CCCCC21. The smallest absolute Gasteiger partial charge is 0.320 e. The van der Waals surface area contributed by atoms with E-state index in [2.05, 4.69) is 16.0 Å². The maximum absolute atomic E-state index is 11.6. The molecule has 1 aliphatic heterocycles. The maximum Gasteiger partial charge on any atom is 0.320 e. The highest BCUT2D eigenvalue weighted by molar-refractivity contribution is 5.74. The number of pyridine rings is 1. The summed E-state index contributed by atoms with van der Waals surface area (Å²) >= 11 is 0. The Hall–Kier alpha value is -1.93. The van der Waals surface area contributed by atoms with Gasteiger partial charge >= 0.3 is 5.97 Å². The van der Waals surface area contributed by atoms with Gasteiger partial charge in [-0.3, -0.25) is 9.69 Å². The predicted molar refractivity (Wildman–Crippen MR) is 76.3 cm³/mol. The van der Waals surface area contributed by atoms with Crippen molar-refractivity contribution in [2.45, 2.75) is 50.7 Å². The fraction of sp³-hybridized carbons (Fsp3) is 0.562. The molecule has 3 unspecified atom stereocenters. The van der Waals surface area contributed by atoms with Crippen LogP contribution in [0.2, 0.25) is 0 Å². The van der Waals surface area contributed by atoms with E-state index in [0.717, 1.165) is 24.8 Å². The highest BCUT2D eigenvalue weighted by Crippen LogP contribution is 2.40. The Labute approximate surface area is 124 Å². The number of hydrogen-bond donors (Lipinski definition) is 1. The zero-order valence-corrected chi connectivity index (χ0v) is 11.9. The van der Waals surface area contributed by atoms with Gasteiger partial charge in [0.1, 0.15) is 17.8 Å². The Morgan fingerprint density at radius 3 is 3.05 bits per heavy atom. The standard InChI is InChI=1S/C16H19N3O2/c17-9-13-12(5-3-7-18-13)10-19-14-6-2-1-4-11(14)8-15(19)16(20)21/h3,5,7,11,14-15H,1-2,4,6,8,10H2,(H,20,21). The number of aromatic nitrogens is 1. The van der Waals surface area contributed by atoms with Crippen LogP contribution in [0, 0.1) is 17.2 Å². The highest BCUT2D eigenvalue weighted by atomic mass is 16.4. The number of likely N-dealkylation sites (tertiary alicyclic amines) is 1. The van der Waals surface area contributed by atoms with Crippen LogP contribution >= 0.6 is 0 Å². The third-order valence-corrected chi connectivity index (χ3v) is 4.86.